The fraction of sp³-hybridized carbons (Fsp3) is 0.429. The number of carbonyl (C=O) groups excluding carboxylic acids is 2. The predicted octanol–water partition coefficient (Wildman–Crippen LogP) is 0.337. The molecule has 9 heteroatoms. The van der Waals surface area contributed by atoms with E-state index in [-0.39, 0.29) is 17.5 Å². The minimum atomic E-state index is -3.47. The van der Waals surface area contributed by atoms with E-state index in [9.17, 15) is 18.0 Å². The summed E-state index contributed by atoms with van der Waals surface area (Å²) >= 11 is 0. The molecule has 0 heterocycles. The minimum absolute atomic E-state index is 0.0957. The van der Waals surface area contributed by atoms with Gasteiger partial charge in [0.25, 0.3) is 0 Å². The summed E-state index contributed by atoms with van der Waals surface area (Å²) < 4.78 is 26.1. The number of benzene rings is 1. The zero-order valence-electron chi connectivity index (χ0n) is 13.0. The molecule has 0 spiro atoms. The van der Waals surface area contributed by atoms with E-state index in [0.717, 1.165) is 12.8 Å². The van der Waals surface area contributed by atoms with Gasteiger partial charge in [-0.1, -0.05) is 0 Å². The van der Waals surface area contributed by atoms with E-state index in [1.165, 1.54) is 23.5 Å². The van der Waals surface area contributed by atoms with Gasteiger partial charge in [-0.25, -0.2) is 13.2 Å². The highest BCUT2D eigenvalue weighted by atomic mass is 32.2. The molecule has 0 aliphatic heterocycles. The van der Waals surface area contributed by atoms with Gasteiger partial charge in [0, 0.05) is 25.8 Å². The molecular weight excluding hydrogens is 320 g/mol. The highest BCUT2D eigenvalue weighted by Crippen LogP contribution is 2.30. The number of hydrogen-bond donors (Lipinski definition) is 3. The lowest BCUT2D eigenvalue weighted by Gasteiger charge is -2.16. The molecule has 0 bridgehead atoms. The van der Waals surface area contributed by atoms with Crippen molar-refractivity contribution in [1.29, 1.82) is 0 Å². The van der Waals surface area contributed by atoms with Crippen LogP contribution in [0.25, 0.3) is 0 Å². The first kappa shape index (κ1) is 17.2. The molecule has 0 aromatic heterocycles. The van der Waals surface area contributed by atoms with E-state index in [1.54, 1.807) is 19.2 Å². The number of nitrogens with zero attached hydrogens (tertiary/aromatic N) is 1. The smallest absolute Gasteiger partial charge is 0.321 e. The Morgan fingerprint density at radius 3 is 2.35 bits per heavy atom. The van der Waals surface area contributed by atoms with Crippen molar-refractivity contribution in [3.8, 4) is 0 Å². The van der Waals surface area contributed by atoms with Gasteiger partial charge in [-0.3, -0.25) is 10.1 Å². The molecule has 0 atom stereocenters. The van der Waals surface area contributed by atoms with Crippen molar-refractivity contribution in [3.63, 3.8) is 0 Å². The second-order valence-corrected chi connectivity index (χ2v) is 7.26. The molecular formula is C14H20N4O4S. The number of hydrogen-bond acceptors (Lipinski definition) is 5. The SMILES string of the molecule is CNC(=O)NC(=O)CNc1ccc(S(=O)(=O)N(C)C2CC2)cc1. The Bertz CT molecular complexity index is 683. The average Bonchev–Trinajstić information content (AvgIpc) is 3.37. The van der Waals surface area contributed by atoms with E-state index in [1.807, 2.05) is 0 Å². The Kier molecular flexibility index (Phi) is 5.22. The fourth-order valence-electron chi connectivity index (χ4n) is 1.96. The van der Waals surface area contributed by atoms with E-state index < -0.39 is 22.0 Å². The third-order valence-corrected chi connectivity index (χ3v) is 5.45. The van der Waals surface area contributed by atoms with Crippen LogP contribution >= 0.6 is 0 Å². The summed E-state index contributed by atoms with van der Waals surface area (Å²) in [6.45, 7) is -0.0957. The summed E-state index contributed by atoms with van der Waals surface area (Å²) in [4.78, 5) is 22.6. The van der Waals surface area contributed by atoms with Crippen molar-refractivity contribution in [2.45, 2.75) is 23.8 Å². The predicted molar refractivity (Wildman–Crippen MR) is 85.5 cm³/mol. The first-order valence-corrected chi connectivity index (χ1v) is 8.62. The van der Waals surface area contributed by atoms with Gasteiger partial charge >= 0.3 is 6.03 Å². The number of rotatable bonds is 6. The Morgan fingerprint density at radius 2 is 1.83 bits per heavy atom. The van der Waals surface area contributed by atoms with E-state index in [2.05, 4.69) is 16.0 Å². The van der Waals surface area contributed by atoms with Crippen LogP contribution in [0.4, 0.5) is 10.5 Å². The van der Waals surface area contributed by atoms with Crippen molar-refractivity contribution in [1.82, 2.24) is 14.9 Å². The molecule has 1 aromatic rings. The number of urea groups is 1. The molecule has 126 valence electrons. The molecule has 0 saturated heterocycles. The Labute approximate surface area is 135 Å². The molecule has 8 nitrogen and oxygen atoms in total. The molecule has 3 amide bonds. The van der Waals surface area contributed by atoms with Crippen LogP contribution in [0.15, 0.2) is 29.2 Å². The Morgan fingerprint density at radius 1 is 1.22 bits per heavy atom. The maximum atomic E-state index is 12.3. The topological polar surface area (TPSA) is 108 Å². The summed E-state index contributed by atoms with van der Waals surface area (Å²) in [6, 6.07) is 5.68. The molecule has 0 unspecified atom stereocenters. The summed E-state index contributed by atoms with van der Waals surface area (Å²) in [5.41, 5.74) is 0.588. The van der Waals surface area contributed by atoms with Crippen molar-refractivity contribution >= 4 is 27.6 Å². The third kappa shape index (κ3) is 4.42. The van der Waals surface area contributed by atoms with Crippen LogP contribution in [0.2, 0.25) is 0 Å². The van der Waals surface area contributed by atoms with Gasteiger partial charge < -0.3 is 10.6 Å². The third-order valence-electron chi connectivity index (χ3n) is 3.53. The van der Waals surface area contributed by atoms with Crippen LogP contribution in [-0.4, -0.2) is 51.3 Å². The maximum Gasteiger partial charge on any atom is 0.321 e. The summed E-state index contributed by atoms with van der Waals surface area (Å²) in [5.74, 6) is -0.491. The Hall–Kier alpha value is -2.13. The van der Waals surface area contributed by atoms with E-state index in [4.69, 9.17) is 0 Å². The normalized spacial score (nSPS) is 14.4. The molecule has 2 rings (SSSR count). The van der Waals surface area contributed by atoms with Crippen LogP contribution < -0.4 is 16.0 Å². The summed E-state index contributed by atoms with van der Waals surface area (Å²) in [7, 11) is -0.474. The number of carbonyl (C=O) groups is 2. The largest absolute Gasteiger partial charge is 0.376 e. The quantitative estimate of drug-likeness (QED) is 0.692. The van der Waals surface area contributed by atoms with Gasteiger partial charge in [0.05, 0.1) is 11.4 Å². The van der Waals surface area contributed by atoms with E-state index in [0.29, 0.717) is 5.69 Å². The lowest BCUT2D eigenvalue weighted by molar-refractivity contribution is -0.118. The fourth-order valence-corrected chi connectivity index (χ4v) is 3.38. The molecule has 1 fully saturated rings. The van der Waals surface area contributed by atoms with E-state index >= 15 is 0 Å². The van der Waals surface area contributed by atoms with Crippen LogP contribution in [0, 0.1) is 0 Å². The van der Waals surface area contributed by atoms with Crippen molar-refractivity contribution in [2.75, 3.05) is 26.0 Å². The number of sulfonamides is 1. The van der Waals surface area contributed by atoms with Crippen molar-refractivity contribution in [3.05, 3.63) is 24.3 Å². The monoisotopic (exact) mass is 340 g/mol. The Balaban J connectivity index is 1.94. The lowest BCUT2D eigenvalue weighted by atomic mass is 10.3. The molecule has 0 radical (unpaired) electrons. The highest BCUT2D eigenvalue weighted by Gasteiger charge is 2.34. The van der Waals surface area contributed by atoms with Crippen molar-refractivity contribution in [2.24, 2.45) is 0 Å². The number of anilines is 1. The highest BCUT2D eigenvalue weighted by molar-refractivity contribution is 7.89. The molecule has 1 aliphatic rings. The van der Waals surface area contributed by atoms with Crippen LogP contribution in [0.1, 0.15) is 12.8 Å². The van der Waals surface area contributed by atoms with Gasteiger partial charge in [-0.15, -0.1) is 0 Å². The molecule has 1 aromatic carbocycles. The second-order valence-electron chi connectivity index (χ2n) is 5.26. The minimum Gasteiger partial charge on any atom is -0.376 e. The average molecular weight is 340 g/mol. The summed E-state index contributed by atoms with van der Waals surface area (Å²) in [6.07, 6.45) is 1.80. The second kappa shape index (κ2) is 6.97. The maximum absolute atomic E-state index is 12.3. The van der Waals surface area contributed by atoms with Crippen LogP contribution in [0.3, 0.4) is 0 Å². The standard InChI is InChI=1S/C14H20N4O4S/c1-15-14(20)17-13(19)9-16-10-3-7-12(8-4-10)23(21,22)18(2)11-5-6-11/h3-4,7-8,11,16H,5-6,9H2,1-2H3,(H2,15,17,19,20). The van der Waals surface area contributed by atoms with Gasteiger partial charge in [0.1, 0.15) is 0 Å². The first-order chi connectivity index (χ1) is 10.8. The number of imide groups is 1. The van der Waals surface area contributed by atoms with Gasteiger partial charge in [0.2, 0.25) is 15.9 Å². The molecule has 3 N–H and O–H groups in total. The van der Waals surface area contributed by atoms with Gasteiger partial charge in [-0.2, -0.15) is 4.31 Å². The van der Waals surface area contributed by atoms with Crippen molar-refractivity contribution < 1.29 is 18.0 Å². The lowest BCUT2D eigenvalue weighted by Crippen LogP contribution is -2.40. The van der Waals surface area contributed by atoms with Gasteiger partial charge in [-0.05, 0) is 37.1 Å². The number of amides is 3. The van der Waals surface area contributed by atoms with Crippen LogP contribution in [0.5, 0.6) is 0 Å². The van der Waals surface area contributed by atoms with Crippen LogP contribution in [-0.2, 0) is 14.8 Å². The molecule has 1 saturated carbocycles. The number of nitrogens with one attached hydrogen (secondary N) is 3. The first-order valence-electron chi connectivity index (χ1n) is 7.18. The molecule has 23 heavy (non-hydrogen) atoms. The summed E-state index contributed by atoms with van der Waals surface area (Å²) in [5, 5.41) is 7.21. The van der Waals surface area contributed by atoms with Gasteiger partial charge in [0.15, 0.2) is 0 Å². The zero-order valence-corrected chi connectivity index (χ0v) is 13.8. The zero-order chi connectivity index (χ0) is 17.0. The molecule has 1 aliphatic carbocycles.